The number of rotatable bonds is 2. The van der Waals surface area contributed by atoms with Crippen molar-refractivity contribution in [1.29, 1.82) is 0 Å². The predicted molar refractivity (Wildman–Crippen MR) is 46.3 cm³/mol. The third-order valence-corrected chi connectivity index (χ3v) is 2.22. The molecule has 0 aromatic heterocycles. The molecule has 0 radical (unpaired) electrons. The molecule has 0 aromatic rings. The van der Waals surface area contributed by atoms with Gasteiger partial charge in [-0.2, -0.15) is 0 Å². The molecule has 0 unspecified atom stereocenters. The fraction of sp³-hybridized carbons (Fsp3) is 0.500. The molecule has 0 saturated carbocycles. The third kappa shape index (κ3) is 1.42. The van der Waals surface area contributed by atoms with Crippen molar-refractivity contribution in [2.75, 3.05) is 0 Å². The minimum absolute atomic E-state index is 0.131. The molecule has 0 N–H and O–H groups in total. The maximum Gasteiger partial charge on any atom is 0.159 e. The minimum Gasteiger partial charge on any atom is -0.295 e. The SMILES string of the molecule is C=CC(C)(C)C1=CCCC1=O. The summed E-state index contributed by atoms with van der Waals surface area (Å²) >= 11 is 0. The van der Waals surface area contributed by atoms with Gasteiger partial charge in [0.2, 0.25) is 0 Å². The van der Waals surface area contributed by atoms with Crippen LogP contribution in [0.4, 0.5) is 0 Å². The van der Waals surface area contributed by atoms with Gasteiger partial charge in [-0.25, -0.2) is 0 Å². The molecule has 0 amide bonds. The summed E-state index contributed by atoms with van der Waals surface area (Å²) < 4.78 is 0. The molecular formula is C10H14O. The average Bonchev–Trinajstić information content (AvgIpc) is 2.36. The van der Waals surface area contributed by atoms with Crippen molar-refractivity contribution in [3.8, 4) is 0 Å². The third-order valence-electron chi connectivity index (χ3n) is 2.22. The Kier molecular flexibility index (Phi) is 1.99. The van der Waals surface area contributed by atoms with Gasteiger partial charge >= 0.3 is 0 Å². The molecule has 11 heavy (non-hydrogen) atoms. The molecule has 0 fully saturated rings. The molecule has 0 spiro atoms. The Labute approximate surface area is 67.8 Å². The monoisotopic (exact) mass is 150 g/mol. The number of Topliss-reactive ketones (excluding diaryl/α,β-unsaturated/α-hetero) is 1. The number of hydrogen-bond acceptors (Lipinski definition) is 1. The van der Waals surface area contributed by atoms with Crippen molar-refractivity contribution in [3.63, 3.8) is 0 Å². The molecule has 0 aliphatic heterocycles. The Hall–Kier alpha value is -0.850. The lowest BCUT2D eigenvalue weighted by Crippen LogP contribution is -2.15. The molecule has 1 nitrogen and oxygen atoms in total. The van der Waals surface area contributed by atoms with Crippen LogP contribution in [0.2, 0.25) is 0 Å². The maximum absolute atomic E-state index is 11.3. The van der Waals surface area contributed by atoms with Crippen LogP contribution >= 0.6 is 0 Å². The van der Waals surface area contributed by atoms with Gasteiger partial charge < -0.3 is 0 Å². The van der Waals surface area contributed by atoms with Gasteiger partial charge in [-0.3, -0.25) is 4.79 Å². The number of hydrogen-bond donors (Lipinski definition) is 0. The first-order valence-corrected chi connectivity index (χ1v) is 3.95. The summed E-state index contributed by atoms with van der Waals surface area (Å²) in [5.41, 5.74) is 0.806. The van der Waals surface area contributed by atoms with Gasteiger partial charge in [0, 0.05) is 17.4 Å². The zero-order valence-corrected chi connectivity index (χ0v) is 7.18. The number of ketones is 1. The summed E-state index contributed by atoms with van der Waals surface area (Å²) in [5.74, 6) is 0.287. The summed E-state index contributed by atoms with van der Waals surface area (Å²) in [6.45, 7) is 7.76. The molecule has 1 aliphatic carbocycles. The van der Waals surface area contributed by atoms with Gasteiger partial charge in [-0.1, -0.05) is 26.0 Å². The Balaban J connectivity index is 2.90. The number of allylic oxidation sites excluding steroid dienone is 3. The quantitative estimate of drug-likeness (QED) is 0.553. The normalized spacial score (nSPS) is 18.4. The number of carbonyl (C=O) groups is 1. The van der Waals surface area contributed by atoms with E-state index in [1.165, 1.54) is 0 Å². The van der Waals surface area contributed by atoms with Crippen molar-refractivity contribution in [1.82, 2.24) is 0 Å². The zero-order chi connectivity index (χ0) is 8.48. The Morgan fingerprint density at radius 3 is 2.64 bits per heavy atom. The topological polar surface area (TPSA) is 17.1 Å². The highest BCUT2D eigenvalue weighted by atomic mass is 16.1. The Morgan fingerprint density at radius 2 is 2.27 bits per heavy atom. The van der Waals surface area contributed by atoms with Crippen LogP contribution in [0.3, 0.4) is 0 Å². The molecule has 1 heteroatoms. The molecule has 1 rings (SSSR count). The van der Waals surface area contributed by atoms with E-state index in [2.05, 4.69) is 6.58 Å². The van der Waals surface area contributed by atoms with Crippen LogP contribution in [0.15, 0.2) is 24.3 Å². The lowest BCUT2D eigenvalue weighted by Gasteiger charge is -2.20. The fourth-order valence-electron chi connectivity index (χ4n) is 1.33. The first-order valence-electron chi connectivity index (χ1n) is 3.95. The van der Waals surface area contributed by atoms with Crippen LogP contribution in [0.5, 0.6) is 0 Å². The molecule has 0 bridgehead atoms. The zero-order valence-electron chi connectivity index (χ0n) is 7.18. The van der Waals surface area contributed by atoms with Crippen LogP contribution in [-0.2, 0) is 4.79 Å². The molecule has 0 heterocycles. The van der Waals surface area contributed by atoms with E-state index in [9.17, 15) is 4.79 Å². The standard InChI is InChI=1S/C10H14O/c1-4-10(2,3)8-6-5-7-9(8)11/h4,6H,1,5,7H2,2-3H3. The van der Waals surface area contributed by atoms with Gasteiger partial charge in [0.25, 0.3) is 0 Å². The lowest BCUT2D eigenvalue weighted by molar-refractivity contribution is -0.115. The van der Waals surface area contributed by atoms with Crippen LogP contribution in [0, 0.1) is 5.41 Å². The minimum atomic E-state index is -0.131. The molecule has 0 atom stereocenters. The summed E-state index contributed by atoms with van der Waals surface area (Å²) in [7, 11) is 0. The van der Waals surface area contributed by atoms with E-state index in [-0.39, 0.29) is 11.2 Å². The van der Waals surface area contributed by atoms with E-state index in [0.717, 1.165) is 12.0 Å². The molecular weight excluding hydrogens is 136 g/mol. The Morgan fingerprint density at radius 1 is 1.64 bits per heavy atom. The fourth-order valence-corrected chi connectivity index (χ4v) is 1.33. The molecule has 0 saturated heterocycles. The van der Waals surface area contributed by atoms with Crippen LogP contribution in [-0.4, -0.2) is 5.78 Å². The van der Waals surface area contributed by atoms with Crippen LogP contribution in [0.25, 0.3) is 0 Å². The summed E-state index contributed by atoms with van der Waals surface area (Å²) in [5, 5.41) is 0. The van der Waals surface area contributed by atoms with Crippen LogP contribution < -0.4 is 0 Å². The van der Waals surface area contributed by atoms with Gasteiger partial charge in [0.05, 0.1) is 0 Å². The highest BCUT2D eigenvalue weighted by molar-refractivity contribution is 5.99. The van der Waals surface area contributed by atoms with Crippen molar-refractivity contribution in [2.45, 2.75) is 26.7 Å². The van der Waals surface area contributed by atoms with Gasteiger partial charge in [-0.05, 0) is 6.42 Å². The van der Waals surface area contributed by atoms with E-state index in [4.69, 9.17) is 0 Å². The average molecular weight is 150 g/mol. The van der Waals surface area contributed by atoms with Gasteiger partial charge in [-0.15, -0.1) is 6.58 Å². The van der Waals surface area contributed by atoms with E-state index >= 15 is 0 Å². The second kappa shape index (κ2) is 2.65. The van der Waals surface area contributed by atoms with Crippen LogP contribution in [0.1, 0.15) is 26.7 Å². The molecule has 0 aromatic carbocycles. The maximum atomic E-state index is 11.3. The lowest BCUT2D eigenvalue weighted by atomic mass is 9.83. The highest BCUT2D eigenvalue weighted by Gasteiger charge is 2.27. The van der Waals surface area contributed by atoms with Crippen molar-refractivity contribution in [3.05, 3.63) is 24.3 Å². The molecule has 1 aliphatic rings. The smallest absolute Gasteiger partial charge is 0.159 e. The van der Waals surface area contributed by atoms with Crippen molar-refractivity contribution in [2.24, 2.45) is 5.41 Å². The van der Waals surface area contributed by atoms with E-state index in [0.29, 0.717) is 6.42 Å². The summed E-state index contributed by atoms with van der Waals surface area (Å²) in [6, 6.07) is 0. The van der Waals surface area contributed by atoms with E-state index in [1.54, 1.807) is 0 Å². The second-order valence-electron chi connectivity index (χ2n) is 3.51. The predicted octanol–water partition coefficient (Wildman–Crippen LogP) is 2.49. The van der Waals surface area contributed by atoms with Gasteiger partial charge in [0.1, 0.15) is 0 Å². The Bertz CT molecular complexity index is 221. The summed E-state index contributed by atoms with van der Waals surface area (Å²) in [6.07, 6.45) is 5.46. The van der Waals surface area contributed by atoms with Gasteiger partial charge in [0.15, 0.2) is 5.78 Å². The second-order valence-corrected chi connectivity index (χ2v) is 3.51. The van der Waals surface area contributed by atoms with Crippen molar-refractivity contribution >= 4 is 5.78 Å². The van der Waals surface area contributed by atoms with Crippen molar-refractivity contribution < 1.29 is 4.79 Å². The summed E-state index contributed by atoms with van der Waals surface area (Å²) in [4.78, 5) is 11.3. The first kappa shape index (κ1) is 8.25. The van der Waals surface area contributed by atoms with E-state index < -0.39 is 0 Å². The van der Waals surface area contributed by atoms with E-state index in [1.807, 2.05) is 26.0 Å². The largest absolute Gasteiger partial charge is 0.295 e. The molecule has 60 valence electrons. The number of carbonyl (C=O) groups excluding carboxylic acids is 1. The first-order chi connectivity index (χ1) is 5.08. The highest BCUT2D eigenvalue weighted by Crippen LogP contribution is 2.32.